The van der Waals surface area contributed by atoms with Crippen LogP contribution in [0.15, 0.2) is 53.3 Å². The number of benzene rings is 2. The number of para-hydroxylation sites is 3. The second-order valence-corrected chi connectivity index (χ2v) is 7.18. The molecule has 1 aromatic heterocycles. The first kappa shape index (κ1) is 20.3. The van der Waals surface area contributed by atoms with E-state index in [4.69, 9.17) is 0 Å². The summed E-state index contributed by atoms with van der Waals surface area (Å²) in [5.41, 5.74) is 2.31. The molecule has 2 amide bonds. The first-order chi connectivity index (χ1) is 13.8. The number of hydrogen-bond donors (Lipinski definition) is 1. The van der Waals surface area contributed by atoms with Gasteiger partial charge in [0, 0.05) is 19.7 Å². The van der Waals surface area contributed by atoms with Crippen molar-refractivity contribution >= 4 is 34.4 Å². The van der Waals surface area contributed by atoms with Gasteiger partial charge in [-0.3, -0.25) is 23.9 Å². The lowest BCUT2D eigenvalue weighted by molar-refractivity contribution is -0.117. The van der Waals surface area contributed by atoms with Gasteiger partial charge >= 0.3 is 0 Å². The van der Waals surface area contributed by atoms with Crippen molar-refractivity contribution in [2.24, 2.45) is 0 Å². The van der Waals surface area contributed by atoms with Crippen molar-refractivity contribution in [1.82, 2.24) is 9.55 Å². The van der Waals surface area contributed by atoms with E-state index in [1.54, 1.807) is 24.3 Å². The summed E-state index contributed by atoms with van der Waals surface area (Å²) in [6.45, 7) is 5.27. The van der Waals surface area contributed by atoms with E-state index in [9.17, 15) is 14.4 Å². The molecular weight excluding hydrogens is 368 g/mol. The molecule has 1 heterocycles. The van der Waals surface area contributed by atoms with Gasteiger partial charge < -0.3 is 5.32 Å². The average molecular weight is 392 g/mol. The number of amides is 2. The molecule has 0 atom stereocenters. The number of carbonyl (C=O) groups is 2. The third kappa shape index (κ3) is 4.18. The lowest BCUT2D eigenvalue weighted by Crippen LogP contribution is -2.36. The van der Waals surface area contributed by atoms with Crippen molar-refractivity contribution in [2.75, 3.05) is 17.3 Å². The zero-order chi connectivity index (χ0) is 21.1. The molecule has 3 rings (SSSR count). The smallest absolute Gasteiger partial charge is 0.294 e. The molecule has 0 aliphatic carbocycles. The quantitative estimate of drug-likeness (QED) is 0.723. The molecule has 0 radical (unpaired) electrons. The minimum Gasteiger partial charge on any atom is -0.324 e. The van der Waals surface area contributed by atoms with Gasteiger partial charge in [0.2, 0.25) is 17.6 Å². The highest BCUT2D eigenvalue weighted by Gasteiger charge is 2.19. The van der Waals surface area contributed by atoms with Crippen LogP contribution in [-0.4, -0.2) is 28.4 Å². The minimum absolute atomic E-state index is 0.00780. The monoisotopic (exact) mass is 392 g/mol. The number of nitrogens with zero attached hydrogens (tertiary/aromatic N) is 3. The van der Waals surface area contributed by atoms with E-state index in [1.807, 2.05) is 24.3 Å². The number of anilines is 2. The molecule has 0 bridgehead atoms. The number of hydrogen-bond acceptors (Lipinski definition) is 4. The van der Waals surface area contributed by atoms with Crippen LogP contribution in [0.3, 0.4) is 0 Å². The van der Waals surface area contributed by atoms with Crippen LogP contribution in [-0.2, 0) is 16.1 Å². The molecule has 150 valence electrons. The lowest BCUT2D eigenvalue weighted by Gasteiger charge is -2.18. The van der Waals surface area contributed by atoms with Gasteiger partial charge in [0.25, 0.3) is 5.56 Å². The Morgan fingerprint density at radius 3 is 2.45 bits per heavy atom. The Hall–Kier alpha value is -3.48. The fourth-order valence-corrected chi connectivity index (χ4v) is 3.15. The first-order valence-electron chi connectivity index (χ1n) is 9.42. The summed E-state index contributed by atoms with van der Waals surface area (Å²) < 4.78 is 1.35. The van der Waals surface area contributed by atoms with E-state index in [2.05, 4.69) is 24.1 Å². The highest BCUT2D eigenvalue weighted by molar-refractivity contribution is 5.93. The molecular formula is C22H24N4O3. The molecule has 0 aliphatic heterocycles. The minimum atomic E-state index is -0.492. The zero-order valence-corrected chi connectivity index (χ0v) is 17.0. The van der Waals surface area contributed by atoms with E-state index in [0.29, 0.717) is 11.0 Å². The number of aromatic nitrogens is 2. The molecule has 0 unspecified atom stereocenters. The van der Waals surface area contributed by atoms with Gasteiger partial charge in [-0.15, -0.1) is 0 Å². The number of nitrogens with one attached hydrogen (secondary N) is 1. The standard InChI is InChI=1S/C22H24N4O3/c1-14(2)16-9-5-6-10-17(16)23-20(28)13-26-19-12-8-7-11-18(19)24-21(22(26)29)25(4)15(3)27/h5-12,14H,13H2,1-4H3,(H,23,28). The molecule has 7 heteroatoms. The van der Waals surface area contributed by atoms with Crippen molar-refractivity contribution < 1.29 is 9.59 Å². The van der Waals surface area contributed by atoms with Crippen LogP contribution in [0.2, 0.25) is 0 Å². The van der Waals surface area contributed by atoms with Crippen LogP contribution in [0.5, 0.6) is 0 Å². The Morgan fingerprint density at radius 2 is 1.76 bits per heavy atom. The molecule has 0 fully saturated rings. The van der Waals surface area contributed by atoms with Crippen LogP contribution in [0, 0.1) is 0 Å². The Kier molecular flexibility index (Phi) is 5.77. The summed E-state index contributed by atoms with van der Waals surface area (Å²) >= 11 is 0. The van der Waals surface area contributed by atoms with Crippen molar-refractivity contribution in [2.45, 2.75) is 33.2 Å². The molecule has 3 aromatic rings. The normalized spacial score (nSPS) is 10.9. The topological polar surface area (TPSA) is 84.3 Å². The Labute approximate surface area is 169 Å². The van der Waals surface area contributed by atoms with Gasteiger partial charge in [0.15, 0.2) is 0 Å². The van der Waals surface area contributed by atoms with Crippen molar-refractivity contribution in [3.63, 3.8) is 0 Å². The van der Waals surface area contributed by atoms with Gasteiger partial charge in [-0.1, -0.05) is 44.2 Å². The summed E-state index contributed by atoms with van der Waals surface area (Å²) in [4.78, 5) is 43.1. The van der Waals surface area contributed by atoms with Gasteiger partial charge in [0.05, 0.1) is 11.0 Å². The van der Waals surface area contributed by atoms with Gasteiger partial charge in [-0.2, -0.15) is 0 Å². The summed E-state index contributed by atoms with van der Waals surface area (Å²) in [5, 5.41) is 2.90. The Morgan fingerprint density at radius 1 is 1.10 bits per heavy atom. The molecule has 1 N–H and O–H groups in total. The van der Waals surface area contributed by atoms with Gasteiger partial charge in [-0.05, 0) is 29.7 Å². The molecule has 0 spiro atoms. The largest absolute Gasteiger partial charge is 0.324 e. The van der Waals surface area contributed by atoms with E-state index >= 15 is 0 Å². The maximum absolute atomic E-state index is 13.0. The predicted molar refractivity (Wildman–Crippen MR) is 114 cm³/mol. The third-order valence-electron chi connectivity index (χ3n) is 4.78. The van der Waals surface area contributed by atoms with Crippen molar-refractivity contribution in [3.8, 4) is 0 Å². The van der Waals surface area contributed by atoms with E-state index in [0.717, 1.165) is 11.3 Å². The predicted octanol–water partition coefficient (Wildman–Crippen LogP) is 3.14. The van der Waals surface area contributed by atoms with E-state index in [-0.39, 0.29) is 30.1 Å². The molecule has 2 aromatic carbocycles. The van der Waals surface area contributed by atoms with Crippen LogP contribution in [0.1, 0.15) is 32.3 Å². The maximum Gasteiger partial charge on any atom is 0.294 e. The molecule has 0 saturated heterocycles. The highest BCUT2D eigenvalue weighted by atomic mass is 16.2. The van der Waals surface area contributed by atoms with E-state index < -0.39 is 5.56 Å². The second-order valence-electron chi connectivity index (χ2n) is 7.18. The Balaban J connectivity index is 2.01. The summed E-state index contributed by atoms with van der Waals surface area (Å²) in [6, 6.07) is 14.6. The highest BCUT2D eigenvalue weighted by Crippen LogP contribution is 2.23. The van der Waals surface area contributed by atoms with Gasteiger partial charge in [0.1, 0.15) is 6.54 Å². The summed E-state index contributed by atoms with van der Waals surface area (Å²) in [5.74, 6) is -0.405. The maximum atomic E-state index is 13.0. The summed E-state index contributed by atoms with van der Waals surface area (Å²) in [6.07, 6.45) is 0. The van der Waals surface area contributed by atoms with E-state index in [1.165, 1.54) is 23.4 Å². The fourth-order valence-electron chi connectivity index (χ4n) is 3.15. The molecule has 29 heavy (non-hydrogen) atoms. The van der Waals surface area contributed by atoms with Crippen LogP contribution in [0.4, 0.5) is 11.5 Å². The zero-order valence-electron chi connectivity index (χ0n) is 17.0. The summed E-state index contributed by atoms with van der Waals surface area (Å²) in [7, 11) is 1.49. The SMILES string of the molecule is CC(=O)N(C)c1nc2ccccc2n(CC(=O)Nc2ccccc2C(C)C)c1=O. The Bertz CT molecular complexity index is 1130. The average Bonchev–Trinajstić information content (AvgIpc) is 2.69. The molecule has 0 saturated carbocycles. The number of rotatable bonds is 5. The fraction of sp³-hybridized carbons (Fsp3) is 0.273. The number of carbonyl (C=O) groups excluding carboxylic acids is 2. The lowest BCUT2D eigenvalue weighted by atomic mass is 10.0. The second kappa shape index (κ2) is 8.26. The first-order valence-corrected chi connectivity index (χ1v) is 9.42. The van der Waals surface area contributed by atoms with Gasteiger partial charge in [-0.25, -0.2) is 4.98 Å². The van der Waals surface area contributed by atoms with Crippen LogP contribution >= 0.6 is 0 Å². The molecule has 7 nitrogen and oxygen atoms in total. The van der Waals surface area contributed by atoms with Crippen molar-refractivity contribution in [3.05, 3.63) is 64.4 Å². The van der Waals surface area contributed by atoms with Crippen LogP contribution in [0.25, 0.3) is 11.0 Å². The molecule has 0 aliphatic rings. The number of fused-ring (bicyclic) bond motifs is 1. The van der Waals surface area contributed by atoms with Crippen LogP contribution < -0.4 is 15.8 Å². The third-order valence-corrected chi connectivity index (χ3v) is 4.78. The van der Waals surface area contributed by atoms with Crippen molar-refractivity contribution in [1.29, 1.82) is 0 Å².